The van der Waals surface area contributed by atoms with Crippen LogP contribution in [0.2, 0.25) is 5.02 Å². The van der Waals surface area contributed by atoms with E-state index < -0.39 is 0 Å². The number of rotatable bonds is 8. The van der Waals surface area contributed by atoms with E-state index in [1.165, 1.54) is 0 Å². The maximum atomic E-state index is 11.8. The summed E-state index contributed by atoms with van der Waals surface area (Å²) in [4.78, 5) is 12.9. The molecule has 0 saturated heterocycles. The summed E-state index contributed by atoms with van der Waals surface area (Å²) in [6.45, 7) is 4.64. The predicted molar refractivity (Wildman–Crippen MR) is 87.3 cm³/mol. The lowest BCUT2D eigenvalue weighted by molar-refractivity contribution is -0.120. The Morgan fingerprint density at radius 3 is 2.45 bits per heavy atom. The SMILES string of the molecule is CCC(N)(CC)CNC(=O)CCSc1ccc(Cl)cc1. The highest BCUT2D eigenvalue weighted by molar-refractivity contribution is 7.99. The van der Waals surface area contributed by atoms with Crippen molar-refractivity contribution >= 4 is 29.3 Å². The van der Waals surface area contributed by atoms with Crippen molar-refractivity contribution in [3.8, 4) is 0 Å². The van der Waals surface area contributed by atoms with Crippen molar-refractivity contribution in [2.75, 3.05) is 12.3 Å². The van der Waals surface area contributed by atoms with Gasteiger partial charge in [0.05, 0.1) is 0 Å². The number of halogens is 1. The van der Waals surface area contributed by atoms with Crippen molar-refractivity contribution in [3.63, 3.8) is 0 Å². The second-order valence-electron chi connectivity index (χ2n) is 4.90. The fourth-order valence-corrected chi connectivity index (χ4v) is 2.63. The monoisotopic (exact) mass is 314 g/mol. The molecule has 0 heterocycles. The average molecular weight is 315 g/mol. The van der Waals surface area contributed by atoms with Crippen LogP contribution in [0.3, 0.4) is 0 Å². The van der Waals surface area contributed by atoms with Crippen LogP contribution in [0, 0.1) is 0 Å². The van der Waals surface area contributed by atoms with Crippen molar-refractivity contribution in [2.45, 2.75) is 43.5 Å². The minimum absolute atomic E-state index is 0.0585. The van der Waals surface area contributed by atoms with Gasteiger partial charge in [0.15, 0.2) is 0 Å². The number of carbonyl (C=O) groups is 1. The van der Waals surface area contributed by atoms with Gasteiger partial charge in [-0.1, -0.05) is 25.4 Å². The molecule has 3 nitrogen and oxygen atoms in total. The highest BCUT2D eigenvalue weighted by atomic mass is 35.5. The zero-order chi connectivity index (χ0) is 15.0. The van der Waals surface area contributed by atoms with Crippen LogP contribution in [-0.4, -0.2) is 23.7 Å². The van der Waals surface area contributed by atoms with Crippen molar-refractivity contribution in [1.29, 1.82) is 0 Å². The van der Waals surface area contributed by atoms with Gasteiger partial charge in [0.2, 0.25) is 5.91 Å². The van der Waals surface area contributed by atoms with Gasteiger partial charge in [-0.25, -0.2) is 0 Å². The summed E-state index contributed by atoms with van der Waals surface area (Å²) in [5.41, 5.74) is 5.87. The first-order valence-electron chi connectivity index (χ1n) is 6.93. The molecule has 20 heavy (non-hydrogen) atoms. The molecule has 3 N–H and O–H groups in total. The van der Waals surface area contributed by atoms with Crippen LogP contribution in [0.1, 0.15) is 33.1 Å². The summed E-state index contributed by atoms with van der Waals surface area (Å²) in [5.74, 6) is 0.812. The van der Waals surface area contributed by atoms with Gasteiger partial charge >= 0.3 is 0 Å². The number of nitrogens with two attached hydrogens (primary N) is 1. The molecule has 0 spiro atoms. The van der Waals surface area contributed by atoms with Crippen LogP contribution in [0.4, 0.5) is 0 Å². The number of nitrogens with one attached hydrogen (secondary N) is 1. The third-order valence-corrected chi connectivity index (χ3v) is 4.72. The highest BCUT2D eigenvalue weighted by Gasteiger charge is 2.20. The Balaban J connectivity index is 2.25. The second kappa shape index (κ2) is 8.55. The maximum absolute atomic E-state index is 11.8. The predicted octanol–water partition coefficient (Wildman–Crippen LogP) is 3.46. The van der Waals surface area contributed by atoms with E-state index in [-0.39, 0.29) is 11.4 Å². The fraction of sp³-hybridized carbons (Fsp3) is 0.533. The van der Waals surface area contributed by atoms with Gasteiger partial charge in [-0.2, -0.15) is 0 Å². The summed E-state index contributed by atoms with van der Waals surface area (Å²) in [5, 5.41) is 3.65. The third-order valence-electron chi connectivity index (χ3n) is 3.46. The molecule has 1 aromatic rings. The Kier molecular flexibility index (Phi) is 7.41. The minimum atomic E-state index is -0.279. The largest absolute Gasteiger partial charge is 0.354 e. The van der Waals surface area contributed by atoms with E-state index in [9.17, 15) is 4.79 Å². The third kappa shape index (κ3) is 6.16. The summed E-state index contributed by atoms with van der Waals surface area (Å²) in [6, 6.07) is 7.64. The Morgan fingerprint density at radius 2 is 1.90 bits per heavy atom. The van der Waals surface area contributed by atoms with Crippen molar-refractivity contribution in [1.82, 2.24) is 5.32 Å². The van der Waals surface area contributed by atoms with Gasteiger partial charge in [-0.15, -0.1) is 11.8 Å². The molecule has 0 aliphatic rings. The lowest BCUT2D eigenvalue weighted by atomic mass is 9.94. The smallest absolute Gasteiger partial charge is 0.220 e. The number of carbonyl (C=O) groups excluding carboxylic acids is 1. The Labute approximate surface area is 130 Å². The Morgan fingerprint density at radius 1 is 1.30 bits per heavy atom. The van der Waals surface area contributed by atoms with Crippen LogP contribution in [0.15, 0.2) is 29.2 Å². The van der Waals surface area contributed by atoms with Crippen LogP contribution < -0.4 is 11.1 Å². The number of thioether (sulfide) groups is 1. The zero-order valence-corrected chi connectivity index (χ0v) is 13.7. The molecule has 1 aromatic carbocycles. The molecule has 0 saturated carbocycles. The van der Waals surface area contributed by atoms with E-state index in [0.717, 1.165) is 28.5 Å². The van der Waals surface area contributed by atoms with Gasteiger partial charge < -0.3 is 11.1 Å². The molecule has 0 aliphatic carbocycles. The number of amides is 1. The molecule has 0 radical (unpaired) electrons. The van der Waals surface area contributed by atoms with E-state index in [4.69, 9.17) is 17.3 Å². The maximum Gasteiger partial charge on any atom is 0.220 e. The van der Waals surface area contributed by atoms with Crippen LogP contribution in [-0.2, 0) is 4.79 Å². The Hall–Kier alpha value is -0.710. The second-order valence-corrected chi connectivity index (χ2v) is 6.50. The Bertz CT molecular complexity index is 418. The van der Waals surface area contributed by atoms with E-state index in [0.29, 0.717) is 13.0 Å². The molecule has 1 amide bonds. The summed E-state index contributed by atoms with van der Waals surface area (Å²) in [6.07, 6.45) is 2.23. The summed E-state index contributed by atoms with van der Waals surface area (Å²) in [7, 11) is 0. The molecular weight excluding hydrogens is 292 g/mol. The minimum Gasteiger partial charge on any atom is -0.354 e. The van der Waals surface area contributed by atoms with Gasteiger partial charge in [0.1, 0.15) is 0 Å². The number of benzene rings is 1. The van der Waals surface area contributed by atoms with E-state index in [1.807, 2.05) is 38.1 Å². The molecular formula is C15H23ClN2OS. The molecule has 5 heteroatoms. The first-order valence-corrected chi connectivity index (χ1v) is 8.29. The van der Waals surface area contributed by atoms with E-state index in [1.54, 1.807) is 11.8 Å². The quantitative estimate of drug-likeness (QED) is 0.723. The number of hydrogen-bond acceptors (Lipinski definition) is 3. The molecule has 0 atom stereocenters. The topological polar surface area (TPSA) is 55.1 Å². The van der Waals surface area contributed by atoms with Gasteiger partial charge in [-0.05, 0) is 37.1 Å². The molecule has 0 aromatic heterocycles. The van der Waals surface area contributed by atoms with Crippen LogP contribution >= 0.6 is 23.4 Å². The first kappa shape index (κ1) is 17.3. The van der Waals surface area contributed by atoms with Crippen LogP contribution in [0.25, 0.3) is 0 Å². The number of hydrogen-bond donors (Lipinski definition) is 2. The average Bonchev–Trinajstić information content (AvgIpc) is 2.47. The lowest BCUT2D eigenvalue weighted by Gasteiger charge is -2.26. The standard InChI is InChI=1S/C15H23ClN2OS/c1-3-15(17,4-2)11-18-14(19)9-10-20-13-7-5-12(16)6-8-13/h5-8H,3-4,9-11,17H2,1-2H3,(H,18,19). The van der Waals surface area contributed by atoms with Gasteiger partial charge in [0.25, 0.3) is 0 Å². The van der Waals surface area contributed by atoms with E-state index >= 15 is 0 Å². The molecule has 1 rings (SSSR count). The first-order chi connectivity index (χ1) is 9.49. The van der Waals surface area contributed by atoms with Gasteiger partial charge in [-0.3, -0.25) is 4.79 Å². The van der Waals surface area contributed by atoms with Crippen molar-refractivity contribution < 1.29 is 4.79 Å². The molecule has 0 aliphatic heterocycles. The molecule has 112 valence electrons. The van der Waals surface area contributed by atoms with Crippen molar-refractivity contribution in [2.24, 2.45) is 5.73 Å². The van der Waals surface area contributed by atoms with Gasteiger partial charge in [0, 0.05) is 34.2 Å². The molecule has 0 unspecified atom stereocenters. The van der Waals surface area contributed by atoms with E-state index in [2.05, 4.69) is 5.32 Å². The zero-order valence-electron chi connectivity index (χ0n) is 12.1. The van der Waals surface area contributed by atoms with Crippen LogP contribution in [0.5, 0.6) is 0 Å². The molecule has 0 fully saturated rings. The summed E-state index contributed by atoms with van der Waals surface area (Å²) >= 11 is 7.47. The summed E-state index contributed by atoms with van der Waals surface area (Å²) < 4.78 is 0. The normalized spacial score (nSPS) is 11.4. The van der Waals surface area contributed by atoms with Crippen molar-refractivity contribution in [3.05, 3.63) is 29.3 Å². The lowest BCUT2D eigenvalue weighted by Crippen LogP contribution is -2.49. The highest BCUT2D eigenvalue weighted by Crippen LogP contribution is 2.20. The fourth-order valence-electron chi connectivity index (χ4n) is 1.66. The molecule has 0 bridgehead atoms.